The third-order valence-corrected chi connectivity index (χ3v) is 7.07. The topological polar surface area (TPSA) is 92.5 Å². The largest absolute Gasteiger partial charge is 0.406 e. The molecule has 2 aromatic rings. The number of aryl methyl sites for hydroxylation is 2. The summed E-state index contributed by atoms with van der Waals surface area (Å²) in [6, 6.07) is 12.8. The van der Waals surface area contributed by atoms with Crippen molar-refractivity contribution < 1.29 is 27.6 Å². The molecule has 6 nitrogen and oxygen atoms in total. The lowest BCUT2D eigenvalue weighted by atomic mass is 9.70. The summed E-state index contributed by atoms with van der Waals surface area (Å²) >= 11 is 0. The first-order valence-corrected chi connectivity index (χ1v) is 11.7. The first kappa shape index (κ1) is 24.8. The highest BCUT2D eigenvalue weighted by Crippen LogP contribution is 2.41. The molecule has 2 aromatic carbocycles. The summed E-state index contributed by atoms with van der Waals surface area (Å²) in [6.07, 6.45) is -0.251. The van der Waals surface area contributed by atoms with Crippen molar-refractivity contribution in [2.75, 3.05) is 13.1 Å². The quantitative estimate of drug-likeness (QED) is 0.681. The minimum absolute atomic E-state index is 0.0501. The van der Waals surface area contributed by atoms with Gasteiger partial charge in [-0.1, -0.05) is 30.3 Å². The standard InChI is InChI=1S/C14H16N2O2.C12H12F3NO/c15-12(17)10-1-2-11-8-14(4-3-9(11)7-10)5-6-16-13(14)18;13-12(14,15)8-16-7-10-4-2-1-3-9(10)5-6-11(16)17/h1-2,7H,3-6,8H2,(H2,15,17)(H,16,18);1-4H,5-8H2. The predicted octanol–water partition coefficient (Wildman–Crippen LogP) is 3.30. The van der Waals surface area contributed by atoms with Crippen molar-refractivity contribution in [1.82, 2.24) is 10.2 Å². The second-order valence-corrected chi connectivity index (χ2v) is 9.44. The van der Waals surface area contributed by atoms with Gasteiger partial charge in [0, 0.05) is 25.1 Å². The van der Waals surface area contributed by atoms with E-state index in [2.05, 4.69) is 5.32 Å². The van der Waals surface area contributed by atoms with Gasteiger partial charge in [-0.2, -0.15) is 13.2 Å². The smallest absolute Gasteiger partial charge is 0.366 e. The number of carbonyl (C=O) groups excluding carboxylic acids is 3. The number of halogens is 3. The SMILES string of the molecule is NC(=O)c1ccc2c(c1)CCC1(CCNC1=O)C2.O=C1CCc2ccccc2CN1CC(F)(F)F. The summed E-state index contributed by atoms with van der Waals surface area (Å²) < 4.78 is 37.0. The summed E-state index contributed by atoms with van der Waals surface area (Å²) in [7, 11) is 0. The number of hydrogen-bond donors (Lipinski definition) is 2. The van der Waals surface area contributed by atoms with Crippen molar-refractivity contribution in [3.8, 4) is 0 Å². The van der Waals surface area contributed by atoms with Crippen LogP contribution in [0.3, 0.4) is 0 Å². The number of primary amides is 1. The van der Waals surface area contributed by atoms with Crippen LogP contribution in [0.4, 0.5) is 13.2 Å². The van der Waals surface area contributed by atoms with E-state index in [0.29, 0.717) is 12.0 Å². The molecule has 5 rings (SSSR count). The van der Waals surface area contributed by atoms with Crippen molar-refractivity contribution in [2.24, 2.45) is 11.1 Å². The highest BCUT2D eigenvalue weighted by molar-refractivity contribution is 5.93. The van der Waals surface area contributed by atoms with Gasteiger partial charge in [0.15, 0.2) is 0 Å². The Morgan fingerprint density at radius 1 is 0.971 bits per heavy atom. The number of benzene rings is 2. The number of hydrogen-bond acceptors (Lipinski definition) is 3. The van der Waals surface area contributed by atoms with E-state index in [1.165, 1.54) is 5.56 Å². The van der Waals surface area contributed by atoms with Crippen LogP contribution in [-0.4, -0.2) is 41.9 Å². The Balaban J connectivity index is 0.000000165. The number of carbonyl (C=O) groups is 3. The lowest BCUT2D eigenvalue weighted by molar-refractivity contribution is -0.162. The van der Waals surface area contributed by atoms with Crippen molar-refractivity contribution in [3.05, 3.63) is 70.3 Å². The monoisotopic (exact) mass is 487 g/mol. The first-order chi connectivity index (χ1) is 16.6. The minimum atomic E-state index is -4.34. The molecule has 1 unspecified atom stereocenters. The van der Waals surface area contributed by atoms with Crippen molar-refractivity contribution >= 4 is 17.7 Å². The summed E-state index contributed by atoms with van der Waals surface area (Å²) in [5.41, 5.74) is 9.75. The number of nitrogens with one attached hydrogen (secondary N) is 1. The van der Waals surface area contributed by atoms with Crippen LogP contribution >= 0.6 is 0 Å². The Hall–Kier alpha value is -3.36. The van der Waals surface area contributed by atoms with Gasteiger partial charge in [-0.05, 0) is 66.5 Å². The molecule has 1 aliphatic carbocycles. The van der Waals surface area contributed by atoms with E-state index in [1.807, 2.05) is 24.3 Å². The fourth-order valence-corrected chi connectivity index (χ4v) is 5.14. The Labute approximate surface area is 201 Å². The maximum atomic E-state index is 12.3. The lowest BCUT2D eigenvalue weighted by Crippen LogP contribution is -2.37. The molecule has 0 bridgehead atoms. The van der Waals surface area contributed by atoms with Gasteiger partial charge in [-0.3, -0.25) is 14.4 Å². The van der Waals surface area contributed by atoms with Crippen LogP contribution in [0.15, 0.2) is 42.5 Å². The number of rotatable bonds is 2. The van der Waals surface area contributed by atoms with Gasteiger partial charge < -0.3 is 16.0 Å². The third-order valence-electron chi connectivity index (χ3n) is 7.07. The van der Waals surface area contributed by atoms with E-state index in [0.717, 1.165) is 53.8 Å². The van der Waals surface area contributed by atoms with Crippen molar-refractivity contribution in [1.29, 1.82) is 0 Å². The lowest BCUT2D eigenvalue weighted by Gasteiger charge is -2.32. The third kappa shape index (κ3) is 5.66. The maximum absolute atomic E-state index is 12.3. The molecule has 0 saturated carbocycles. The Morgan fingerprint density at radius 2 is 1.71 bits per heavy atom. The number of amides is 3. The highest BCUT2D eigenvalue weighted by atomic mass is 19.4. The van der Waals surface area contributed by atoms with Crippen LogP contribution < -0.4 is 11.1 Å². The Morgan fingerprint density at radius 3 is 2.37 bits per heavy atom. The number of fused-ring (bicyclic) bond motifs is 2. The van der Waals surface area contributed by atoms with Crippen molar-refractivity contribution in [2.45, 2.75) is 51.2 Å². The average molecular weight is 488 g/mol. The molecule has 2 aliphatic heterocycles. The Bertz CT molecular complexity index is 1150. The minimum Gasteiger partial charge on any atom is -0.366 e. The number of alkyl halides is 3. The van der Waals surface area contributed by atoms with E-state index in [9.17, 15) is 27.6 Å². The predicted molar refractivity (Wildman–Crippen MR) is 123 cm³/mol. The van der Waals surface area contributed by atoms with Gasteiger partial charge >= 0.3 is 6.18 Å². The molecule has 1 spiro atoms. The van der Waals surface area contributed by atoms with Gasteiger partial charge in [0.2, 0.25) is 17.7 Å². The van der Waals surface area contributed by atoms with Crippen molar-refractivity contribution in [3.63, 3.8) is 0 Å². The summed E-state index contributed by atoms with van der Waals surface area (Å²) in [5.74, 6) is -0.637. The number of nitrogens with zero attached hydrogens (tertiary/aromatic N) is 1. The molecule has 1 atom stereocenters. The van der Waals surface area contributed by atoms with E-state index in [1.54, 1.807) is 18.2 Å². The molecule has 3 aliphatic rings. The van der Waals surface area contributed by atoms with Crippen LogP contribution in [0.2, 0.25) is 0 Å². The number of nitrogens with two attached hydrogens (primary N) is 1. The molecule has 9 heteroatoms. The van der Waals surface area contributed by atoms with E-state index < -0.39 is 24.5 Å². The molecular weight excluding hydrogens is 459 g/mol. The van der Waals surface area contributed by atoms with Gasteiger partial charge in [-0.25, -0.2) is 0 Å². The average Bonchev–Trinajstić information content (AvgIpc) is 3.07. The molecule has 35 heavy (non-hydrogen) atoms. The van der Waals surface area contributed by atoms with Gasteiger partial charge in [-0.15, -0.1) is 0 Å². The molecule has 0 aromatic heterocycles. The summed E-state index contributed by atoms with van der Waals surface area (Å²) in [6.45, 7) is -0.331. The summed E-state index contributed by atoms with van der Waals surface area (Å²) in [5, 5.41) is 2.93. The molecule has 2 heterocycles. The second kappa shape index (κ2) is 9.71. The van der Waals surface area contributed by atoms with Gasteiger partial charge in [0.05, 0.1) is 5.41 Å². The molecule has 0 radical (unpaired) electrons. The first-order valence-electron chi connectivity index (χ1n) is 11.7. The van der Waals surface area contributed by atoms with Crippen LogP contribution in [0.25, 0.3) is 0 Å². The molecule has 1 saturated heterocycles. The zero-order valence-electron chi connectivity index (χ0n) is 19.3. The Kier molecular flexibility index (Phi) is 6.87. The van der Waals surface area contributed by atoms with Gasteiger partial charge in [0.25, 0.3) is 0 Å². The van der Waals surface area contributed by atoms with E-state index in [4.69, 9.17) is 5.73 Å². The molecule has 3 N–H and O–H groups in total. The molecular formula is C26H28F3N3O3. The normalized spacial score (nSPS) is 21.4. The van der Waals surface area contributed by atoms with Crippen LogP contribution in [-0.2, 0) is 35.4 Å². The van der Waals surface area contributed by atoms with Crippen LogP contribution in [0, 0.1) is 5.41 Å². The van der Waals surface area contributed by atoms with Gasteiger partial charge in [0.1, 0.15) is 6.54 Å². The fourth-order valence-electron chi connectivity index (χ4n) is 5.14. The van der Waals surface area contributed by atoms with Crippen LogP contribution in [0.5, 0.6) is 0 Å². The molecule has 1 fully saturated rings. The maximum Gasteiger partial charge on any atom is 0.406 e. The van der Waals surface area contributed by atoms with E-state index >= 15 is 0 Å². The van der Waals surface area contributed by atoms with E-state index in [-0.39, 0.29) is 24.3 Å². The fraction of sp³-hybridized carbons (Fsp3) is 0.423. The van der Waals surface area contributed by atoms with Crippen LogP contribution in [0.1, 0.15) is 51.9 Å². The zero-order chi connectivity index (χ0) is 25.2. The summed E-state index contributed by atoms with van der Waals surface area (Å²) in [4.78, 5) is 35.6. The highest BCUT2D eigenvalue weighted by Gasteiger charge is 2.44. The zero-order valence-corrected chi connectivity index (χ0v) is 19.3. The molecule has 186 valence electrons. The second-order valence-electron chi connectivity index (χ2n) is 9.44. The molecule has 3 amide bonds.